The fraction of sp³-hybridized carbons (Fsp3) is 0.562. The van der Waals surface area contributed by atoms with Gasteiger partial charge in [-0.3, -0.25) is 4.68 Å². The van der Waals surface area contributed by atoms with Gasteiger partial charge in [0.2, 0.25) is 17.8 Å². The highest BCUT2D eigenvalue weighted by molar-refractivity contribution is 5.95. The van der Waals surface area contributed by atoms with Gasteiger partial charge < -0.3 is 43.9 Å². The van der Waals surface area contributed by atoms with Crippen molar-refractivity contribution in [3.05, 3.63) is 42.0 Å². The van der Waals surface area contributed by atoms with Gasteiger partial charge in [-0.1, -0.05) is 12.1 Å². The number of rotatable bonds is 19. The maximum Gasteiger partial charge on any atom is 0.244 e. The summed E-state index contributed by atoms with van der Waals surface area (Å²) in [7, 11) is 8.52. The molecule has 0 bridgehead atoms. The molecule has 49 heavy (non-hydrogen) atoms. The van der Waals surface area contributed by atoms with Gasteiger partial charge in [-0.15, -0.1) is 5.10 Å². The van der Waals surface area contributed by atoms with E-state index in [1.54, 1.807) is 45.5 Å². The smallest absolute Gasteiger partial charge is 0.244 e. The molecule has 1 aliphatic heterocycles. The number of methoxy groups -OCH3 is 4. The van der Waals surface area contributed by atoms with Gasteiger partial charge in [0.1, 0.15) is 23.2 Å². The second-order valence-electron chi connectivity index (χ2n) is 11.5. The number of ether oxygens (including phenoxy) is 4. The third-order valence-corrected chi connectivity index (χ3v) is 8.13. The maximum absolute atomic E-state index is 14.1. The molecule has 0 unspecified atom stereocenters. The predicted octanol–water partition coefficient (Wildman–Crippen LogP) is 1.82. The zero-order valence-electron chi connectivity index (χ0n) is 29.0. The van der Waals surface area contributed by atoms with Gasteiger partial charge in [-0.2, -0.15) is 9.97 Å². The summed E-state index contributed by atoms with van der Waals surface area (Å²) >= 11 is 0. The van der Waals surface area contributed by atoms with Crippen LogP contribution in [0.3, 0.4) is 0 Å². The third kappa shape index (κ3) is 9.38. The Balaban J connectivity index is 1.63. The van der Waals surface area contributed by atoms with Crippen molar-refractivity contribution >= 4 is 40.5 Å². The minimum absolute atomic E-state index is 0.309. The molecule has 1 N–H and O–H groups in total. The molecule has 1 aromatic carbocycles. The number of fused-ring (bicyclic) bond motifs is 1. The van der Waals surface area contributed by atoms with Gasteiger partial charge in [0.25, 0.3) is 0 Å². The first-order chi connectivity index (χ1) is 23.9. The van der Waals surface area contributed by atoms with Crippen molar-refractivity contribution in [2.24, 2.45) is 7.05 Å². The van der Waals surface area contributed by atoms with Crippen molar-refractivity contribution in [3.63, 3.8) is 0 Å². The maximum atomic E-state index is 14.1. The molecule has 266 valence electrons. The lowest BCUT2D eigenvalue weighted by molar-refractivity contribution is 0.189. The van der Waals surface area contributed by atoms with Crippen molar-refractivity contribution < 1.29 is 23.3 Å². The summed E-state index contributed by atoms with van der Waals surface area (Å²) in [6.07, 6.45) is 1.70. The fourth-order valence-corrected chi connectivity index (χ4v) is 5.46. The van der Waals surface area contributed by atoms with E-state index in [9.17, 15) is 4.39 Å². The van der Waals surface area contributed by atoms with Crippen molar-refractivity contribution in [1.29, 1.82) is 0 Å². The highest BCUT2D eigenvalue weighted by atomic mass is 19.1. The average Bonchev–Trinajstić information content (AvgIpc) is 3.56. The summed E-state index contributed by atoms with van der Waals surface area (Å²) in [4.78, 5) is 33.3. The number of halogens is 1. The summed E-state index contributed by atoms with van der Waals surface area (Å²) in [6, 6.07) is 6.48. The monoisotopic (exact) mass is 682 g/mol. The van der Waals surface area contributed by atoms with Crippen molar-refractivity contribution in [2.75, 3.05) is 132 Å². The highest BCUT2D eigenvalue weighted by Crippen LogP contribution is 2.32. The number of hydrogen-bond donors (Lipinski definition) is 1. The first kappa shape index (κ1) is 35.8. The quantitative estimate of drug-likeness (QED) is 0.153. The Morgan fingerprint density at radius 1 is 0.755 bits per heavy atom. The van der Waals surface area contributed by atoms with Crippen LogP contribution in [-0.2, 0) is 32.5 Å². The summed E-state index contributed by atoms with van der Waals surface area (Å²) in [6.45, 7) is 7.10. The molecule has 1 aliphatic rings. The number of aryl methyl sites for hydroxylation is 1. The Bertz CT molecular complexity index is 1600. The third-order valence-electron chi connectivity index (χ3n) is 8.13. The summed E-state index contributed by atoms with van der Waals surface area (Å²) in [5, 5.41) is 7.94. The lowest BCUT2D eigenvalue weighted by Gasteiger charge is -2.35. The molecule has 0 radical (unpaired) electrons. The SMILES string of the molecule is COCCN(CCOC)c1nc(N2CCN(c3ncn(C)n3)CC2)c2nc(N(CCOC)CCOC)nc(NCc3cccc(F)c3)c2n1. The Morgan fingerprint density at radius 2 is 1.33 bits per heavy atom. The summed E-state index contributed by atoms with van der Waals surface area (Å²) in [5.74, 6) is 2.56. The molecule has 1 fully saturated rings. The average molecular weight is 683 g/mol. The molecule has 0 spiro atoms. The predicted molar refractivity (Wildman–Crippen MR) is 186 cm³/mol. The normalized spacial score (nSPS) is 13.3. The van der Waals surface area contributed by atoms with Gasteiger partial charge in [0, 0.05) is 94.4 Å². The second-order valence-corrected chi connectivity index (χ2v) is 11.5. The van der Waals surface area contributed by atoms with Gasteiger partial charge in [-0.05, 0) is 17.7 Å². The number of nitrogens with zero attached hydrogens (tertiary/aromatic N) is 11. The number of nitrogens with one attached hydrogen (secondary N) is 1. The van der Waals surface area contributed by atoms with Crippen LogP contribution < -0.4 is 24.9 Å². The van der Waals surface area contributed by atoms with E-state index in [0.717, 1.165) is 5.56 Å². The van der Waals surface area contributed by atoms with E-state index in [1.807, 2.05) is 22.9 Å². The lowest BCUT2D eigenvalue weighted by Crippen LogP contribution is -2.47. The zero-order chi connectivity index (χ0) is 34.6. The molecule has 5 rings (SSSR count). The molecule has 17 heteroatoms. The summed E-state index contributed by atoms with van der Waals surface area (Å²) in [5.41, 5.74) is 1.91. The van der Waals surface area contributed by atoms with Crippen LogP contribution in [0.4, 0.5) is 33.9 Å². The van der Waals surface area contributed by atoms with Gasteiger partial charge in [0.05, 0.1) is 26.4 Å². The van der Waals surface area contributed by atoms with Crippen LogP contribution in [0.15, 0.2) is 30.6 Å². The Hall–Kier alpha value is -4.45. The van der Waals surface area contributed by atoms with Crippen LogP contribution in [0.25, 0.3) is 11.0 Å². The van der Waals surface area contributed by atoms with E-state index in [4.69, 9.17) is 38.9 Å². The molecule has 16 nitrogen and oxygen atoms in total. The first-order valence-corrected chi connectivity index (χ1v) is 16.3. The molecule has 4 heterocycles. The zero-order valence-corrected chi connectivity index (χ0v) is 29.0. The minimum Gasteiger partial charge on any atom is -0.383 e. The lowest BCUT2D eigenvalue weighted by atomic mass is 10.2. The fourth-order valence-electron chi connectivity index (χ4n) is 5.46. The van der Waals surface area contributed by atoms with E-state index in [-0.39, 0.29) is 5.82 Å². The van der Waals surface area contributed by atoms with Crippen LogP contribution in [0, 0.1) is 5.82 Å². The largest absolute Gasteiger partial charge is 0.383 e. The number of anilines is 5. The van der Waals surface area contributed by atoms with Crippen molar-refractivity contribution in [2.45, 2.75) is 6.54 Å². The first-order valence-electron chi connectivity index (χ1n) is 16.3. The number of hydrogen-bond acceptors (Lipinski definition) is 15. The van der Waals surface area contributed by atoms with Gasteiger partial charge >= 0.3 is 0 Å². The van der Waals surface area contributed by atoms with Crippen LogP contribution >= 0.6 is 0 Å². The highest BCUT2D eigenvalue weighted by Gasteiger charge is 2.27. The molecular formula is C32H47FN12O4. The molecule has 1 saturated heterocycles. The molecule has 3 aromatic heterocycles. The van der Waals surface area contributed by atoms with Crippen LogP contribution in [-0.4, -0.2) is 142 Å². The number of benzene rings is 1. The van der Waals surface area contributed by atoms with Crippen molar-refractivity contribution in [1.82, 2.24) is 34.7 Å². The van der Waals surface area contributed by atoms with Crippen molar-refractivity contribution in [3.8, 4) is 0 Å². The van der Waals surface area contributed by atoms with Gasteiger partial charge in [-0.25, -0.2) is 19.3 Å². The van der Waals surface area contributed by atoms with Gasteiger partial charge in [0.15, 0.2) is 11.6 Å². The van der Waals surface area contributed by atoms with E-state index >= 15 is 0 Å². The molecule has 0 amide bonds. The molecule has 4 aromatic rings. The van der Waals surface area contributed by atoms with Crippen LogP contribution in [0.2, 0.25) is 0 Å². The molecule has 0 atom stereocenters. The Morgan fingerprint density at radius 3 is 1.88 bits per heavy atom. The summed E-state index contributed by atoms with van der Waals surface area (Å²) < 4.78 is 37.5. The standard InChI is InChI=1S/C32H47FN12O4/c1-41-23-35-30(40-41)43-11-9-42(10-12-43)29-27-26(36-32(39-29)45(15-19-48-4)16-20-49-5)28(34-22-24-7-6-8-25(33)21-24)38-31(37-27)44(13-17-46-2)14-18-47-3/h6-8,21,23H,9-20,22H2,1-5H3,(H,34,37,38). The van der Waals surface area contributed by atoms with E-state index < -0.39 is 0 Å². The van der Waals surface area contributed by atoms with E-state index in [1.165, 1.54) is 12.1 Å². The number of piperazine rings is 1. The number of aromatic nitrogens is 7. The second kappa shape index (κ2) is 17.8. The topological polar surface area (TPSA) is 144 Å². The van der Waals surface area contributed by atoms with Crippen LogP contribution in [0.5, 0.6) is 0 Å². The minimum atomic E-state index is -0.309. The molecular weight excluding hydrogens is 635 g/mol. The van der Waals surface area contributed by atoms with Crippen LogP contribution in [0.1, 0.15) is 5.56 Å². The Labute approximate surface area is 286 Å². The molecule has 0 saturated carbocycles. The molecule has 0 aliphatic carbocycles. The van der Waals surface area contributed by atoms with E-state index in [0.29, 0.717) is 126 Å². The Kier molecular flexibility index (Phi) is 13.0. The van der Waals surface area contributed by atoms with E-state index in [2.05, 4.69) is 25.2 Å².